The average molecular weight is 334 g/mol. The third-order valence-corrected chi connectivity index (χ3v) is 3.88. The van der Waals surface area contributed by atoms with Crippen molar-refractivity contribution in [3.63, 3.8) is 0 Å². The molecular weight excluding hydrogens is 318 g/mol. The second-order valence-electron chi connectivity index (χ2n) is 5.11. The van der Waals surface area contributed by atoms with Crippen LogP contribution in [0.5, 0.6) is 0 Å². The first-order valence-electron chi connectivity index (χ1n) is 6.63. The standard InChI is InChI=1S/C15H16BrN3O/c16-11-3-1-2-10(6-11)8-18-15(20)14-7-12(17)9-19(14)13-4-5-13/h1-3,6-7,9,13H,4-5,8,17H2,(H,18,20). The molecule has 1 aromatic heterocycles. The van der Waals surface area contributed by atoms with E-state index in [9.17, 15) is 4.79 Å². The number of hydrogen-bond acceptors (Lipinski definition) is 2. The average Bonchev–Trinajstić information content (AvgIpc) is 3.19. The molecule has 0 bridgehead atoms. The first kappa shape index (κ1) is 13.2. The van der Waals surface area contributed by atoms with Crippen molar-refractivity contribution in [1.29, 1.82) is 0 Å². The van der Waals surface area contributed by atoms with Crippen LogP contribution in [-0.2, 0) is 6.54 Å². The highest BCUT2D eigenvalue weighted by atomic mass is 79.9. The number of nitrogen functional groups attached to an aromatic ring is 1. The quantitative estimate of drug-likeness (QED) is 0.903. The summed E-state index contributed by atoms with van der Waals surface area (Å²) in [5, 5.41) is 2.94. The van der Waals surface area contributed by atoms with E-state index in [1.807, 2.05) is 35.0 Å². The van der Waals surface area contributed by atoms with Crippen LogP contribution in [0.4, 0.5) is 5.69 Å². The normalized spacial score (nSPS) is 14.2. The minimum absolute atomic E-state index is 0.0754. The van der Waals surface area contributed by atoms with Gasteiger partial charge in [-0.05, 0) is 36.6 Å². The van der Waals surface area contributed by atoms with Crippen molar-refractivity contribution in [2.45, 2.75) is 25.4 Å². The predicted octanol–water partition coefficient (Wildman–Crippen LogP) is 3.10. The third-order valence-electron chi connectivity index (χ3n) is 3.38. The van der Waals surface area contributed by atoms with Crippen molar-refractivity contribution in [2.24, 2.45) is 0 Å². The van der Waals surface area contributed by atoms with E-state index in [1.165, 1.54) is 0 Å². The second kappa shape index (κ2) is 5.32. The van der Waals surface area contributed by atoms with Gasteiger partial charge in [0.05, 0.1) is 5.69 Å². The maximum absolute atomic E-state index is 12.3. The Kier molecular flexibility index (Phi) is 3.53. The first-order chi connectivity index (χ1) is 9.63. The second-order valence-corrected chi connectivity index (χ2v) is 6.03. The number of aromatic nitrogens is 1. The summed E-state index contributed by atoms with van der Waals surface area (Å²) in [5.74, 6) is -0.0754. The molecule has 0 unspecified atom stereocenters. The first-order valence-corrected chi connectivity index (χ1v) is 7.43. The molecule has 1 saturated carbocycles. The molecule has 1 fully saturated rings. The summed E-state index contributed by atoms with van der Waals surface area (Å²) in [4.78, 5) is 12.3. The number of nitrogens with zero attached hydrogens (tertiary/aromatic N) is 1. The van der Waals surface area contributed by atoms with Crippen LogP contribution in [0.25, 0.3) is 0 Å². The molecule has 3 N–H and O–H groups in total. The van der Waals surface area contributed by atoms with Crippen molar-refractivity contribution in [3.8, 4) is 0 Å². The van der Waals surface area contributed by atoms with Crippen LogP contribution in [0.15, 0.2) is 41.0 Å². The fourth-order valence-corrected chi connectivity index (χ4v) is 2.70. The zero-order valence-electron chi connectivity index (χ0n) is 11.0. The lowest BCUT2D eigenvalue weighted by Gasteiger charge is -2.08. The molecule has 20 heavy (non-hydrogen) atoms. The molecule has 1 aromatic carbocycles. The van der Waals surface area contributed by atoms with Gasteiger partial charge in [0.15, 0.2) is 0 Å². The maximum Gasteiger partial charge on any atom is 0.268 e. The number of carbonyl (C=O) groups is 1. The molecule has 104 valence electrons. The van der Waals surface area contributed by atoms with Gasteiger partial charge in [-0.25, -0.2) is 0 Å². The van der Waals surface area contributed by atoms with Crippen LogP contribution in [0.2, 0.25) is 0 Å². The van der Waals surface area contributed by atoms with E-state index in [0.717, 1.165) is 22.9 Å². The highest BCUT2D eigenvalue weighted by molar-refractivity contribution is 9.10. The summed E-state index contributed by atoms with van der Waals surface area (Å²) in [6, 6.07) is 10.1. The van der Waals surface area contributed by atoms with Gasteiger partial charge in [-0.1, -0.05) is 28.1 Å². The third kappa shape index (κ3) is 2.88. The molecule has 3 rings (SSSR count). The molecule has 0 aliphatic heterocycles. The highest BCUT2D eigenvalue weighted by Crippen LogP contribution is 2.37. The Bertz CT molecular complexity index is 646. The molecule has 5 heteroatoms. The summed E-state index contributed by atoms with van der Waals surface area (Å²) >= 11 is 3.42. The number of hydrogen-bond donors (Lipinski definition) is 2. The molecule has 1 aliphatic rings. The minimum Gasteiger partial charge on any atom is -0.397 e. The van der Waals surface area contributed by atoms with Crippen molar-refractivity contribution in [1.82, 2.24) is 9.88 Å². The van der Waals surface area contributed by atoms with Crippen molar-refractivity contribution in [2.75, 3.05) is 5.73 Å². The number of nitrogens with two attached hydrogens (primary N) is 1. The largest absolute Gasteiger partial charge is 0.397 e. The molecule has 0 saturated heterocycles. The number of amides is 1. The van der Waals surface area contributed by atoms with Gasteiger partial charge in [-0.15, -0.1) is 0 Å². The maximum atomic E-state index is 12.3. The van der Waals surface area contributed by atoms with E-state index in [1.54, 1.807) is 6.07 Å². The van der Waals surface area contributed by atoms with Crippen molar-refractivity contribution < 1.29 is 4.79 Å². The van der Waals surface area contributed by atoms with E-state index in [0.29, 0.717) is 24.0 Å². The van der Waals surface area contributed by atoms with Gasteiger partial charge >= 0.3 is 0 Å². The van der Waals surface area contributed by atoms with Gasteiger partial charge in [-0.2, -0.15) is 0 Å². The number of halogens is 1. The SMILES string of the molecule is Nc1cc(C(=O)NCc2cccc(Br)c2)n(C2CC2)c1. The Morgan fingerprint density at radius 2 is 2.20 bits per heavy atom. The van der Waals surface area contributed by atoms with Crippen LogP contribution in [0.3, 0.4) is 0 Å². The smallest absolute Gasteiger partial charge is 0.268 e. The molecule has 4 nitrogen and oxygen atoms in total. The predicted molar refractivity (Wildman–Crippen MR) is 82.4 cm³/mol. The Labute approximate surface area is 126 Å². The molecule has 2 aromatic rings. The van der Waals surface area contributed by atoms with E-state index < -0.39 is 0 Å². The van der Waals surface area contributed by atoms with Crippen LogP contribution < -0.4 is 11.1 Å². The zero-order chi connectivity index (χ0) is 14.1. The van der Waals surface area contributed by atoms with Gasteiger partial charge in [0.25, 0.3) is 5.91 Å². The Hall–Kier alpha value is -1.75. The van der Waals surface area contributed by atoms with Gasteiger partial charge in [0, 0.05) is 23.3 Å². The summed E-state index contributed by atoms with van der Waals surface area (Å²) < 4.78 is 3.00. The lowest BCUT2D eigenvalue weighted by molar-refractivity contribution is 0.0941. The summed E-state index contributed by atoms with van der Waals surface area (Å²) in [6.45, 7) is 0.508. The van der Waals surface area contributed by atoms with Gasteiger partial charge in [-0.3, -0.25) is 4.79 Å². The van der Waals surface area contributed by atoms with E-state index in [4.69, 9.17) is 5.73 Å². The van der Waals surface area contributed by atoms with Gasteiger partial charge < -0.3 is 15.6 Å². The van der Waals surface area contributed by atoms with E-state index in [2.05, 4.69) is 21.2 Å². The number of nitrogens with one attached hydrogen (secondary N) is 1. The zero-order valence-corrected chi connectivity index (χ0v) is 12.6. The Morgan fingerprint density at radius 1 is 1.40 bits per heavy atom. The molecule has 1 heterocycles. The van der Waals surface area contributed by atoms with Crippen LogP contribution in [-0.4, -0.2) is 10.5 Å². The molecule has 0 radical (unpaired) electrons. The fraction of sp³-hybridized carbons (Fsp3) is 0.267. The number of rotatable bonds is 4. The summed E-state index contributed by atoms with van der Waals surface area (Å²) in [7, 11) is 0. The molecular formula is C15H16BrN3O. The summed E-state index contributed by atoms with van der Waals surface area (Å²) in [6.07, 6.45) is 4.10. The van der Waals surface area contributed by atoms with Crippen LogP contribution >= 0.6 is 15.9 Å². The monoisotopic (exact) mass is 333 g/mol. The molecule has 1 aliphatic carbocycles. The Balaban J connectivity index is 1.70. The minimum atomic E-state index is -0.0754. The van der Waals surface area contributed by atoms with Crippen molar-refractivity contribution >= 4 is 27.5 Å². The van der Waals surface area contributed by atoms with Gasteiger partial charge in [0.2, 0.25) is 0 Å². The van der Waals surface area contributed by atoms with Crippen LogP contribution in [0, 0.1) is 0 Å². The van der Waals surface area contributed by atoms with E-state index in [-0.39, 0.29) is 5.91 Å². The Morgan fingerprint density at radius 3 is 2.90 bits per heavy atom. The fourth-order valence-electron chi connectivity index (χ4n) is 2.26. The topological polar surface area (TPSA) is 60.1 Å². The number of benzene rings is 1. The molecule has 1 amide bonds. The van der Waals surface area contributed by atoms with Gasteiger partial charge in [0.1, 0.15) is 5.69 Å². The number of carbonyl (C=O) groups excluding carboxylic acids is 1. The number of anilines is 1. The van der Waals surface area contributed by atoms with Crippen LogP contribution in [0.1, 0.15) is 34.9 Å². The highest BCUT2D eigenvalue weighted by Gasteiger charge is 2.27. The lowest BCUT2D eigenvalue weighted by Crippen LogP contribution is -2.25. The van der Waals surface area contributed by atoms with Crippen molar-refractivity contribution in [3.05, 3.63) is 52.3 Å². The van der Waals surface area contributed by atoms with E-state index >= 15 is 0 Å². The summed E-state index contributed by atoms with van der Waals surface area (Å²) in [5.41, 5.74) is 8.16. The lowest BCUT2D eigenvalue weighted by atomic mass is 10.2. The molecule has 0 spiro atoms. The molecule has 0 atom stereocenters.